The van der Waals surface area contributed by atoms with Crippen LogP contribution < -0.4 is 5.32 Å². The van der Waals surface area contributed by atoms with E-state index in [1.807, 2.05) is 4.90 Å². The Balaban J connectivity index is 1.96. The molecule has 4 nitrogen and oxygen atoms in total. The van der Waals surface area contributed by atoms with Gasteiger partial charge in [0.25, 0.3) is 0 Å². The molecule has 0 saturated carbocycles. The van der Waals surface area contributed by atoms with Gasteiger partial charge in [-0.1, -0.05) is 0 Å². The molecule has 0 aliphatic carbocycles. The fourth-order valence-electron chi connectivity index (χ4n) is 1.32. The first-order valence-electron chi connectivity index (χ1n) is 3.59. The number of urea groups is 1. The number of primary amides is 1. The molecule has 0 radical (unpaired) electrons. The summed E-state index contributed by atoms with van der Waals surface area (Å²) in [5.74, 6) is 0. The van der Waals surface area contributed by atoms with Crippen LogP contribution in [0.1, 0.15) is 0 Å². The molecule has 2 rings (SSSR count). The van der Waals surface area contributed by atoms with Crippen molar-refractivity contribution >= 4 is 6.03 Å². The fraction of sp³-hybridized carbons (Fsp3) is 0.833. The van der Waals surface area contributed by atoms with Crippen LogP contribution in [0.15, 0.2) is 0 Å². The maximum atomic E-state index is 11.0. The molecule has 0 unspecified atom stereocenters. The van der Waals surface area contributed by atoms with E-state index in [9.17, 15) is 4.79 Å². The van der Waals surface area contributed by atoms with Gasteiger partial charge >= 0.3 is 6.03 Å². The Labute approximate surface area is 59.1 Å². The van der Waals surface area contributed by atoms with Crippen LogP contribution >= 0.6 is 0 Å². The second kappa shape index (κ2) is 2.21. The van der Waals surface area contributed by atoms with Crippen LogP contribution in [0.2, 0.25) is 0 Å². The first kappa shape index (κ1) is 6.12. The fourth-order valence-corrected chi connectivity index (χ4v) is 1.32. The molecule has 2 heterocycles. The number of nitrogens with two attached hydrogens (primary N) is 1. The third-order valence-electron chi connectivity index (χ3n) is 2.03. The monoisotopic (exact) mass is 143 g/mol. The number of carbonyl (C=O) groups excluding carboxylic acids is 1. The van der Waals surface area contributed by atoms with Crippen molar-refractivity contribution in [3.05, 3.63) is 0 Å². The van der Waals surface area contributed by atoms with Crippen molar-refractivity contribution in [2.75, 3.05) is 26.3 Å². The van der Waals surface area contributed by atoms with Crippen molar-refractivity contribution in [2.24, 2.45) is 0 Å². The summed E-state index contributed by atoms with van der Waals surface area (Å²) in [6, 6.07) is 0.569. The van der Waals surface area contributed by atoms with E-state index in [0.717, 1.165) is 26.3 Å². The summed E-state index contributed by atoms with van der Waals surface area (Å²) in [7, 11) is 0. The molecule has 0 atom stereocenters. The molecule has 2 aliphatic heterocycles. The zero-order chi connectivity index (χ0) is 6.97. The van der Waals surface area contributed by atoms with Crippen LogP contribution in [0.4, 0.5) is 4.79 Å². The van der Waals surface area contributed by atoms with Crippen LogP contribution in [0.3, 0.4) is 0 Å². The van der Waals surface area contributed by atoms with Gasteiger partial charge in [-0.15, -0.1) is 0 Å². The number of nitrogens with zero attached hydrogens (tertiary/aromatic N) is 1. The van der Waals surface area contributed by atoms with E-state index in [-0.39, 0.29) is 6.03 Å². The maximum Gasteiger partial charge on any atom is 0.416 e. The highest BCUT2D eigenvalue weighted by molar-refractivity contribution is 5.65. The molecule has 2 saturated heterocycles. The molecule has 2 amide bonds. The average molecular weight is 143 g/mol. The molecule has 2 aliphatic rings. The average Bonchev–Trinajstić information content (AvgIpc) is 2.12. The van der Waals surface area contributed by atoms with Gasteiger partial charge in [0, 0.05) is 0 Å². The maximum absolute atomic E-state index is 11.0. The van der Waals surface area contributed by atoms with E-state index in [4.69, 9.17) is 4.74 Å². The van der Waals surface area contributed by atoms with Crippen molar-refractivity contribution in [3.8, 4) is 0 Å². The van der Waals surface area contributed by atoms with Crippen molar-refractivity contribution in [2.45, 2.75) is 6.04 Å². The zero-order valence-corrected chi connectivity index (χ0v) is 5.75. The van der Waals surface area contributed by atoms with E-state index in [1.54, 1.807) is 5.32 Å². The number of ether oxygens (including phenoxy) is 1. The highest BCUT2D eigenvalue weighted by Crippen LogP contribution is 2.09. The summed E-state index contributed by atoms with van der Waals surface area (Å²) in [6.07, 6.45) is 0. The Morgan fingerprint density at radius 1 is 1.60 bits per heavy atom. The van der Waals surface area contributed by atoms with E-state index >= 15 is 0 Å². The number of amides is 2. The summed E-state index contributed by atoms with van der Waals surface area (Å²) in [4.78, 5) is 12.9. The summed E-state index contributed by atoms with van der Waals surface area (Å²) < 4.78 is 4.99. The lowest BCUT2D eigenvalue weighted by Gasteiger charge is -2.31. The van der Waals surface area contributed by atoms with Gasteiger partial charge in [0.15, 0.2) is 0 Å². The number of carbonyl (C=O) groups is 1. The third kappa shape index (κ3) is 0.803. The quantitative estimate of drug-likeness (QED) is 0.479. The van der Waals surface area contributed by atoms with Crippen molar-refractivity contribution < 1.29 is 14.8 Å². The van der Waals surface area contributed by atoms with Gasteiger partial charge in [-0.25, -0.2) is 4.79 Å². The Bertz CT molecular complexity index is 156. The lowest BCUT2D eigenvalue weighted by Crippen LogP contribution is -2.86. The lowest BCUT2D eigenvalue weighted by atomic mass is 10.2. The van der Waals surface area contributed by atoms with Crippen molar-refractivity contribution in [3.63, 3.8) is 0 Å². The minimum atomic E-state index is 0.188. The largest absolute Gasteiger partial charge is 0.416 e. The van der Waals surface area contributed by atoms with Crippen LogP contribution in [0, 0.1) is 0 Å². The molecule has 2 N–H and O–H groups in total. The lowest BCUT2D eigenvalue weighted by molar-refractivity contribution is -0.540. The van der Waals surface area contributed by atoms with E-state index < -0.39 is 0 Å². The van der Waals surface area contributed by atoms with Crippen LogP contribution in [0.5, 0.6) is 0 Å². The van der Waals surface area contributed by atoms with Gasteiger partial charge in [0.05, 0.1) is 25.8 Å². The number of quaternary nitrogens is 1. The Kier molecular flexibility index (Phi) is 1.35. The summed E-state index contributed by atoms with van der Waals surface area (Å²) >= 11 is 0. The van der Waals surface area contributed by atoms with Crippen molar-refractivity contribution in [1.82, 2.24) is 4.90 Å². The molecule has 2 fully saturated rings. The van der Waals surface area contributed by atoms with Crippen molar-refractivity contribution in [1.29, 1.82) is 0 Å². The van der Waals surface area contributed by atoms with E-state index in [1.165, 1.54) is 0 Å². The standard InChI is InChI=1S/C6H10N2O2/c9-6-7-1-2-8(6)5-3-10-4-5/h5H,1-4H2,(H,7,9)/p+1. The van der Waals surface area contributed by atoms with Gasteiger partial charge < -0.3 is 4.74 Å². The number of hydrogen-bond donors (Lipinski definition) is 1. The zero-order valence-electron chi connectivity index (χ0n) is 5.75. The Morgan fingerprint density at radius 3 is 2.80 bits per heavy atom. The van der Waals surface area contributed by atoms with E-state index in [0.29, 0.717) is 6.04 Å². The topological polar surface area (TPSA) is 46.2 Å². The second-order valence-corrected chi connectivity index (χ2v) is 2.72. The molecular formula is C6H11N2O2+. The van der Waals surface area contributed by atoms with Crippen LogP contribution in [0.25, 0.3) is 0 Å². The predicted molar refractivity (Wildman–Crippen MR) is 33.5 cm³/mol. The highest BCUT2D eigenvalue weighted by atomic mass is 16.5. The smallest absolute Gasteiger partial charge is 0.377 e. The van der Waals surface area contributed by atoms with Crippen LogP contribution in [-0.4, -0.2) is 43.3 Å². The number of hydrogen-bond acceptors (Lipinski definition) is 2. The summed E-state index contributed by atoms with van der Waals surface area (Å²) in [5.41, 5.74) is 0. The third-order valence-corrected chi connectivity index (χ3v) is 2.03. The molecular weight excluding hydrogens is 132 g/mol. The Hall–Kier alpha value is -0.610. The summed E-state index contributed by atoms with van der Waals surface area (Å²) in [6.45, 7) is 3.28. The predicted octanol–water partition coefficient (Wildman–Crippen LogP) is -1.62. The molecule has 4 heteroatoms. The minimum Gasteiger partial charge on any atom is -0.377 e. The second-order valence-electron chi connectivity index (χ2n) is 2.72. The molecule has 56 valence electrons. The molecule has 10 heavy (non-hydrogen) atoms. The normalized spacial score (nSPS) is 27.2. The SMILES string of the molecule is O=C1[NH2+]CCN1C1COC1. The molecule has 0 aromatic rings. The van der Waals surface area contributed by atoms with Gasteiger partial charge in [-0.2, -0.15) is 0 Å². The molecule has 0 aromatic heterocycles. The van der Waals surface area contributed by atoms with Gasteiger partial charge in [-0.3, -0.25) is 10.2 Å². The molecule has 0 bridgehead atoms. The summed E-state index contributed by atoms with van der Waals surface area (Å²) in [5, 5.41) is 1.75. The Morgan fingerprint density at radius 2 is 2.40 bits per heavy atom. The molecule has 0 aromatic carbocycles. The van der Waals surface area contributed by atoms with Crippen LogP contribution in [-0.2, 0) is 4.74 Å². The molecule has 0 spiro atoms. The van der Waals surface area contributed by atoms with Gasteiger partial charge in [-0.05, 0) is 0 Å². The van der Waals surface area contributed by atoms with Gasteiger partial charge in [0.2, 0.25) is 0 Å². The minimum absolute atomic E-state index is 0.188. The first-order valence-corrected chi connectivity index (χ1v) is 3.59. The van der Waals surface area contributed by atoms with Gasteiger partial charge in [0.1, 0.15) is 6.54 Å². The van der Waals surface area contributed by atoms with E-state index in [2.05, 4.69) is 0 Å². The first-order chi connectivity index (χ1) is 4.88. The number of rotatable bonds is 1. The highest BCUT2D eigenvalue weighted by Gasteiger charge is 2.35.